The van der Waals surface area contributed by atoms with Gasteiger partial charge in [-0.2, -0.15) is 0 Å². The number of aromatic nitrogens is 3. The normalized spacial score (nSPS) is 11.7. The zero-order chi connectivity index (χ0) is 17.7. The van der Waals surface area contributed by atoms with E-state index in [1.807, 2.05) is 31.3 Å². The minimum Gasteiger partial charge on any atom is -0.497 e. The average molecular weight is 350 g/mol. The van der Waals surface area contributed by atoms with Crippen LogP contribution in [0.1, 0.15) is 6.92 Å². The van der Waals surface area contributed by atoms with Crippen LogP contribution in [0.25, 0.3) is 11.4 Å². The molecule has 0 bridgehead atoms. The molecule has 1 aromatic heterocycles. The molecular formula is C15H18N4O4S. The number of carbonyl (C=O) groups excluding carboxylic acids is 2. The molecule has 0 saturated carbocycles. The van der Waals surface area contributed by atoms with E-state index < -0.39 is 17.3 Å². The van der Waals surface area contributed by atoms with Gasteiger partial charge in [0.2, 0.25) is 5.91 Å². The van der Waals surface area contributed by atoms with E-state index in [0.717, 1.165) is 11.3 Å². The fourth-order valence-corrected chi connectivity index (χ4v) is 2.69. The lowest BCUT2D eigenvalue weighted by Crippen LogP contribution is -2.35. The van der Waals surface area contributed by atoms with E-state index in [9.17, 15) is 9.59 Å². The largest absolute Gasteiger partial charge is 0.497 e. The molecule has 24 heavy (non-hydrogen) atoms. The molecule has 0 aliphatic carbocycles. The summed E-state index contributed by atoms with van der Waals surface area (Å²) in [6.07, 6.45) is -0.788. The average Bonchev–Trinajstić information content (AvgIpc) is 2.95. The third-order valence-corrected chi connectivity index (χ3v) is 4.38. The number of hydrogen-bond donors (Lipinski definition) is 1. The quantitative estimate of drug-likeness (QED) is 0.822. The molecule has 2 rings (SSSR count). The van der Waals surface area contributed by atoms with Crippen molar-refractivity contribution in [1.29, 1.82) is 0 Å². The summed E-state index contributed by atoms with van der Waals surface area (Å²) in [6.45, 7) is 1.67. The van der Waals surface area contributed by atoms with E-state index in [-0.39, 0.29) is 0 Å². The zero-order valence-electron chi connectivity index (χ0n) is 13.8. The van der Waals surface area contributed by atoms with Crippen molar-refractivity contribution in [2.24, 2.45) is 7.05 Å². The second kappa shape index (κ2) is 7.82. The number of amides is 2. The van der Waals surface area contributed by atoms with Crippen LogP contribution in [0.5, 0.6) is 5.75 Å². The minimum absolute atomic E-state index is 0.458. The first-order valence-corrected chi connectivity index (χ1v) is 7.93. The molecule has 0 unspecified atom stereocenters. The van der Waals surface area contributed by atoms with Crippen molar-refractivity contribution in [1.82, 2.24) is 20.1 Å². The fourth-order valence-electron chi connectivity index (χ4n) is 1.87. The van der Waals surface area contributed by atoms with Gasteiger partial charge in [0.25, 0.3) is 0 Å². The van der Waals surface area contributed by atoms with Crippen LogP contribution < -0.4 is 10.1 Å². The van der Waals surface area contributed by atoms with Gasteiger partial charge in [0, 0.05) is 12.6 Å². The summed E-state index contributed by atoms with van der Waals surface area (Å²) < 4.78 is 11.3. The maximum atomic E-state index is 11.9. The van der Waals surface area contributed by atoms with E-state index in [1.54, 1.807) is 18.6 Å². The van der Waals surface area contributed by atoms with E-state index in [0.29, 0.717) is 11.0 Å². The Kier molecular flexibility index (Phi) is 5.80. The molecule has 0 saturated heterocycles. The first-order valence-electron chi connectivity index (χ1n) is 7.05. The predicted octanol–water partition coefficient (Wildman–Crippen LogP) is 1.85. The fraction of sp³-hybridized carbons (Fsp3) is 0.333. The molecule has 0 fully saturated rings. The zero-order valence-corrected chi connectivity index (χ0v) is 14.6. The molecular weight excluding hydrogens is 332 g/mol. The highest BCUT2D eigenvalue weighted by Gasteiger charge is 2.21. The highest BCUT2D eigenvalue weighted by Crippen LogP contribution is 2.26. The Hall–Kier alpha value is -2.55. The van der Waals surface area contributed by atoms with Crippen LogP contribution in [0.3, 0.4) is 0 Å². The number of nitrogens with one attached hydrogen (secondary N) is 1. The molecule has 1 heterocycles. The van der Waals surface area contributed by atoms with Crippen LogP contribution >= 0.6 is 11.8 Å². The van der Waals surface area contributed by atoms with Gasteiger partial charge in [0.05, 0.1) is 19.5 Å². The number of carbonyl (C=O) groups is 2. The monoisotopic (exact) mass is 350 g/mol. The summed E-state index contributed by atoms with van der Waals surface area (Å²) in [6, 6.07) is 7.43. The van der Waals surface area contributed by atoms with Gasteiger partial charge in [-0.25, -0.2) is 4.79 Å². The molecule has 128 valence electrons. The third-order valence-electron chi connectivity index (χ3n) is 3.25. The number of rotatable bonds is 5. The van der Waals surface area contributed by atoms with Gasteiger partial charge in [0.15, 0.2) is 11.0 Å². The van der Waals surface area contributed by atoms with Gasteiger partial charge in [-0.1, -0.05) is 11.8 Å². The predicted molar refractivity (Wildman–Crippen MR) is 88.9 cm³/mol. The third kappa shape index (κ3) is 4.05. The van der Waals surface area contributed by atoms with E-state index >= 15 is 0 Å². The van der Waals surface area contributed by atoms with Gasteiger partial charge in [0.1, 0.15) is 5.75 Å². The highest BCUT2D eigenvalue weighted by atomic mass is 32.2. The molecule has 8 nitrogen and oxygen atoms in total. The number of alkyl carbamates (subject to hydrolysis) is 1. The lowest BCUT2D eigenvalue weighted by Gasteiger charge is -2.10. The van der Waals surface area contributed by atoms with Crippen LogP contribution in [-0.4, -0.2) is 46.2 Å². The molecule has 0 radical (unpaired) electrons. The SMILES string of the molecule is COC(=O)NC(=O)[C@@H](C)Sc1nnc(-c2ccc(OC)cc2)n1C. The Bertz CT molecular complexity index is 730. The molecule has 2 amide bonds. The molecule has 1 aromatic carbocycles. The summed E-state index contributed by atoms with van der Waals surface area (Å²) in [5.41, 5.74) is 0.879. The Morgan fingerprint density at radius 1 is 1.21 bits per heavy atom. The second-order valence-corrected chi connectivity index (χ2v) is 6.14. The molecule has 0 aliphatic rings. The van der Waals surface area contributed by atoms with Crippen LogP contribution in [0, 0.1) is 0 Å². The molecule has 1 atom stereocenters. The number of hydrogen-bond acceptors (Lipinski definition) is 7. The van der Waals surface area contributed by atoms with Crippen molar-refractivity contribution in [2.75, 3.05) is 14.2 Å². The lowest BCUT2D eigenvalue weighted by atomic mass is 10.2. The number of methoxy groups -OCH3 is 2. The van der Waals surface area contributed by atoms with Crippen molar-refractivity contribution in [3.05, 3.63) is 24.3 Å². The highest BCUT2D eigenvalue weighted by molar-refractivity contribution is 8.00. The maximum Gasteiger partial charge on any atom is 0.413 e. The van der Waals surface area contributed by atoms with E-state index in [1.165, 1.54) is 18.9 Å². The Morgan fingerprint density at radius 2 is 1.88 bits per heavy atom. The molecule has 2 aromatic rings. The number of thioether (sulfide) groups is 1. The summed E-state index contributed by atoms with van der Waals surface area (Å²) in [5.74, 6) is 0.963. The van der Waals surface area contributed by atoms with Crippen LogP contribution in [0.4, 0.5) is 4.79 Å². The van der Waals surface area contributed by atoms with Crippen molar-refractivity contribution in [3.8, 4) is 17.1 Å². The second-order valence-electron chi connectivity index (χ2n) is 4.83. The first kappa shape index (κ1) is 17.8. The van der Waals surface area contributed by atoms with Crippen LogP contribution in [-0.2, 0) is 16.6 Å². The van der Waals surface area contributed by atoms with Gasteiger partial charge in [-0.15, -0.1) is 10.2 Å². The summed E-state index contributed by atoms with van der Waals surface area (Å²) in [4.78, 5) is 23.0. The van der Waals surface area contributed by atoms with Crippen molar-refractivity contribution in [3.63, 3.8) is 0 Å². The number of benzene rings is 1. The number of imide groups is 1. The minimum atomic E-state index is -0.788. The smallest absolute Gasteiger partial charge is 0.413 e. The standard InChI is InChI=1S/C15H18N4O4S/c1-9(13(20)16-15(21)23-4)24-14-18-17-12(19(14)2)10-5-7-11(22-3)8-6-10/h5-9H,1-4H3,(H,16,20,21)/t9-/m1/s1. The topological polar surface area (TPSA) is 95.3 Å². The van der Waals surface area contributed by atoms with Gasteiger partial charge in [-0.05, 0) is 31.2 Å². The number of nitrogens with zero attached hydrogens (tertiary/aromatic N) is 3. The van der Waals surface area contributed by atoms with Gasteiger partial charge < -0.3 is 14.0 Å². The van der Waals surface area contributed by atoms with Crippen molar-refractivity contribution >= 4 is 23.8 Å². The Labute approximate surface area is 143 Å². The molecule has 1 N–H and O–H groups in total. The number of ether oxygens (including phenoxy) is 2. The van der Waals surface area contributed by atoms with Gasteiger partial charge in [-0.3, -0.25) is 10.1 Å². The van der Waals surface area contributed by atoms with E-state index in [2.05, 4.69) is 20.3 Å². The van der Waals surface area contributed by atoms with Crippen molar-refractivity contribution < 1.29 is 19.1 Å². The maximum absolute atomic E-state index is 11.9. The molecule has 0 spiro atoms. The van der Waals surface area contributed by atoms with E-state index in [4.69, 9.17) is 4.74 Å². The first-order chi connectivity index (χ1) is 11.5. The Balaban J connectivity index is 2.11. The Morgan fingerprint density at radius 3 is 2.46 bits per heavy atom. The van der Waals surface area contributed by atoms with Crippen molar-refractivity contribution in [2.45, 2.75) is 17.3 Å². The molecule has 9 heteroatoms. The lowest BCUT2D eigenvalue weighted by molar-refractivity contribution is -0.119. The summed E-state index contributed by atoms with van der Waals surface area (Å²) >= 11 is 1.20. The molecule has 0 aliphatic heterocycles. The summed E-state index contributed by atoms with van der Waals surface area (Å²) in [7, 11) is 4.61. The van der Waals surface area contributed by atoms with Crippen LogP contribution in [0.2, 0.25) is 0 Å². The summed E-state index contributed by atoms with van der Waals surface area (Å²) in [5, 5.41) is 10.4. The van der Waals surface area contributed by atoms with Gasteiger partial charge >= 0.3 is 6.09 Å². The van der Waals surface area contributed by atoms with Crippen LogP contribution in [0.15, 0.2) is 29.4 Å².